The maximum atomic E-state index is 12.9. The molecule has 0 radical (unpaired) electrons. The van der Waals surface area contributed by atoms with E-state index < -0.39 is 11.7 Å². The van der Waals surface area contributed by atoms with E-state index in [9.17, 15) is 13.2 Å². The molecule has 3 aromatic heterocycles. The first-order valence-corrected chi connectivity index (χ1v) is 8.73. The number of aromatic nitrogens is 3. The summed E-state index contributed by atoms with van der Waals surface area (Å²) in [7, 11) is 0. The molecule has 0 aromatic carbocycles. The Balaban J connectivity index is 1.73. The Morgan fingerprint density at radius 3 is 2.79 bits per heavy atom. The van der Waals surface area contributed by atoms with Crippen molar-refractivity contribution in [1.82, 2.24) is 15.0 Å². The van der Waals surface area contributed by atoms with Gasteiger partial charge in [-0.25, -0.2) is 9.97 Å². The van der Waals surface area contributed by atoms with Crippen LogP contribution in [0, 0.1) is 0 Å². The van der Waals surface area contributed by atoms with Crippen LogP contribution in [-0.4, -0.2) is 21.5 Å². The van der Waals surface area contributed by atoms with E-state index in [-0.39, 0.29) is 0 Å². The molecule has 0 saturated carbocycles. The highest BCUT2D eigenvalue weighted by molar-refractivity contribution is 9.11. The number of halogens is 4. The molecule has 0 bridgehead atoms. The lowest BCUT2D eigenvalue weighted by molar-refractivity contribution is -0.137. The standard InChI is InChI=1S/C15H10BrF3N4S/c16-12-4-10-13(21-7-22-14(10)24-12)23-2-1-11-8(6-23)3-9(5-20-11)15(17,18)19/h3-5,7H,1-2,6H2. The lowest BCUT2D eigenvalue weighted by Crippen LogP contribution is -2.32. The molecule has 1 aliphatic heterocycles. The Hall–Kier alpha value is -1.74. The van der Waals surface area contributed by atoms with Gasteiger partial charge in [-0.2, -0.15) is 13.2 Å². The molecule has 3 aromatic rings. The second-order valence-corrected chi connectivity index (χ2v) is 7.88. The first-order chi connectivity index (χ1) is 11.4. The summed E-state index contributed by atoms with van der Waals surface area (Å²) >= 11 is 4.94. The summed E-state index contributed by atoms with van der Waals surface area (Å²) in [6.07, 6.45) is -1.40. The molecule has 4 rings (SSSR count). The second kappa shape index (κ2) is 5.66. The lowest BCUT2D eigenvalue weighted by Gasteiger charge is -2.29. The molecular weight excluding hydrogens is 405 g/mol. The summed E-state index contributed by atoms with van der Waals surface area (Å²) in [6, 6.07) is 3.13. The van der Waals surface area contributed by atoms with Crippen molar-refractivity contribution >= 4 is 43.3 Å². The number of anilines is 1. The third-order valence-electron chi connectivity index (χ3n) is 3.94. The molecule has 0 unspecified atom stereocenters. The van der Waals surface area contributed by atoms with E-state index in [1.54, 1.807) is 0 Å². The molecular formula is C15H10BrF3N4S. The molecule has 9 heteroatoms. The average molecular weight is 415 g/mol. The maximum absolute atomic E-state index is 12.9. The quantitative estimate of drug-likeness (QED) is 0.590. The molecule has 24 heavy (non-hydrogen) atoms. The summed E-state index contributed by atoms with van der Waals surface area (Å²) in [4.78, 5) is 15.4. The molecule has 1 aliphatic rings. The van der Waals surface area contributed by atoms with Gasteiger partial charge in [0.15, 0.2) is 0 Å². The lowest BCUT2D eigenvalue weighted by atomic mass is 10.0. The SMILES string of the molecule is FC(F)(F)c1cnc2c(c1)CN(c1ncnc3sc(Br)cc13)CC2. The Labute approximate surface area is 147 Å². The molecule has 0 aliphatic carbocycles. The van der Waals surface area contributed by atoms with Crippen LogP contribution in [0.25, 0.3) is 10.2 Å². The highest BCUT2D eigenvalue weighted by Gasteiger charge is 2.32. The smallest absolute Gasteiger partial charge is 0.351 e. The molecule has 0 amide bonds. The summed E-state index contributed by atoms with van der Waals surface area (Å²) in [5.74, 6) is 0.741. The number of rotatable bonds is 1. The van der Waals surface area contributed by atoms with Crippen molar-refractivity contribution in [1.29, 1.82) is 0 Å². The molecule has 0 spiro atoms. The summed E-state index contributed by atoms with van der Waals surface area (Å²) in [5.41, 5.74) is 0.599. The fourth-order valence-electron chi connectivity index (χ4n) is 2.83. The number of hydrogen-bond acceptors (Lipinski definition) is 5. The zero-order chi connectivity index (χ0) is 16.9. The van der Waals surface area contributed by atoms with Crippen LogP contribution in [0.3, 0.4) is 0 Å². The minimum Gasteiger partial charge on any atom is -0.351 e. The van der Waals surface area contributed by atoms with Gasteiger partial charge in [0.05, 0.1) is 14.7 Å². The van der Waals surface area contributed by atoms with Crippen molar-refractivity contribution in [3.05, 3.63) is 45.3 Å². The number of hydrogen-bond donors (Lipinski definition) is 0. The van der Waals surface area contributed by atoms with Gasteiger partial charge in [-0.05, 0) is 33.6 Å². The zero-order valence-electron chi connectivity index (χ0n) is 12.1. The summed E-state index contributed by atoms with van der Waals surface area (Å²) in [5, 5.41) is 0.901. The van der Waals surface area contributed by atoms with E-state index >= 15 is 0 Å². The van der Waals surface area contributed by atoms with Gasteiger partial charge in [0.1, 0.15) is 17.0 Å². The van der Waals surface area contributed by atoms with Gasteiger partial charge in [0.2, 0.25) is 0 Å². The van der Waals surface area contributed by atoms with E-state index in [4.69, 9.17) is 0 Å². The van der Waals surface area contributed by atoms with Crippen LogP contribution in [-0.2, 0) is 19.1 Å². The Kier molecular flexibility index (Phi) is 3.72. The Morgan fingerprint density at radius 2 is 2.00 bits per heavy atom. The van der Waals surface area contributed by atoms with Crippen LogP contribution in [0.2, 0.25) is 0 Å². The van der Waals surface area contributed by atoms with Crippen LogP contribution in [0.5, 0.6) is 0 Å². The van der Waals surface area contributed by atoms with Gasteiger partial charge in [0, 0.05) is 31.4 Å². The van der Waals surface area contributed by atoms with Crippen LogP contribution < -0.4 is 4.90 Å². The number of pyridine rings is 1. The van der Waals surface area contributed by atoms with Crippen molar-refractivity contribution in [2.45, 2.75) is 19.1 Å². The topological polar surface area (TPSA) is 41.9 Å². The van der Waals surface area contributed by atoms with Crippen molar-refractivity contribution < 1.29 is 13.2 Å². The molecule has 0 N–H and O–H groups in total. The Bertz CT molecular complexity index is 925. The van der Waals surface area contributed by atoms with E-state index in [0.717, 1.165) is 31.7 Å². The van der Waals surface area contributed by atoms with Gasteiger partial charge >= 0.3 is 6.18 Å². The fourth-order valence-corrected chi connectivity index (χ4v) is 4.24. The van der Waals surface area contributed by atoms with Crippen molar-refractivity contribution in [3.8, 4) is 0 Å². The van der Waals surface area contributed by atoms with E-state index in [2.05, 4.69) is 30.9 Å². The highest BCUT2D eigenvalue weighted by Crippen LogP contribution is 2.36. The predicted octanol–water partition coefficient (Wildman–Crippen LogP) is 4.43. The van der Waals surface area contributed by atoms with Gasteiger partial charge in [-0.3, -0.25) is 4.98 Å². The van der Waals surface area contributed by atoms with Crippen LogP contribution in [0.4, 0.5) is 19.0 Å². The Morgan fingerprint density at radius 1 is 1.17 bits per heavy atom. The zero-order valence-corrected chi connectivity index (χ0v) is 14.5. The molecule has 4 nitrogen and oxygen atoms in total. The van der Waals surface area contributed by atoms with Crippen molar-refractivity contribution in [3.63, 3.8) is 0 Å². The summed E-state index contributed by atoms with van der Waals surface area (Å²) < 4.78 is 39.7. The number of nitrogens with zero attached hydrogens (tertiary/aromatic N) is 4. The normalized spacial score (nSPS) is 14.9. The molecule has 4 heterocycles. The number of alkyl halides is 3. The minimum atomic E-state index is -4.38. The minimum absolute atomic E-state index is 0.353. The largest absolute Gasteiger partial charge is 0.417 e. The van der Waals surface area contributed by atoms with Gasteiger partial charge in [0.25, 0.3) is 0 Å². The van der Waals surface area contributed by atoms with E-state index in [1.165, 1.54) is 23.7 Å². The predicted molar refractivity (Wildman–Crippen MR) is 89.1 cm³/mol. The van der Waals surface area contributed by atoms with E-state index in [0.29, 0.717) is 25.1 Å². The number of thiophene rings is 1. The molecule has 124 valence electrons. The molecule has 0 fully saturated rings. The summed E-state index contributed by atoms with van der Waals surface area (Å²) in [6.45, 7) is 1.01. The first-order valence-electron chi connectivity index (χ1n) is 7.12. The van der Waals surface area contributed by atoms with Gasteiger partial charge in [-0.1, -0.05) is 0 Å². The second-order valence-electron chi connectivity index (χ2n) is 5.47. The van der Waals surface area contributed by atoms with Gasteiger partial charge in [-0.15, -0.1) is 11.3 Å². The maximum Gasteiger partial charge on any atom is 0.417 e. The van der Waals surface area contributed by atoms with Crippen molar-refractivity contribution in [2.24, 2.45) is 0 Å². The van der Waals surface area contributed by atoms with E-state index in [1.807, 2.05) is 11.0 Å². The average Bonchev–Trinajstić information content (AvgIpc) is 2.93. The third kappa shape index (κ3) is 2.75. The van der Waals surface area contributed by atoms with Crippen LogP contribution in [0.15, 0.2) is 28.4 Å². The monoisotopic (exact) mass is 414 g/mol. The van der Waals surface area contributed by atoms with Crippen molar-refractivity contribution in [2.75, 3.05) is 11.4 Å². The van der Waals surface area contributed by atoms with Gasteiger partial charge < -0.3 is 4.90 Å². The highest BCUT2D eigenvalue weighted by atomic mass is 79.9. The van der Waals surface area contributed by atoms with Crippen LogP contribution >= 0.6 is 27.3 Å². The molecule has 0 saturated heterocycles. The fraction of sp³-hybridized carbons (Fsp3) is 0.267. The third-order valence-corrected chi connectivity index (χ3v) is 5.49. The molecule has 0 atom stereocenters. The van der Waals surface area contributed by atoms with Crippen LogP contribution in [0.1, 0.15) is 16.8 Å². The first kappa shape index (κ1) is 15.8. The number of fused-ring (bicyclic) bond motifs is 2.